The van der Waals surface area contributed by atoms with E-state index in [-0.39, 0.29) is 23.7 Å². The molecule has 4 aromatic rings. The molecule has 0 aromatic heterocycles. The SMILES string of the molecule is CCCOc1ccc(-c2ccc(C3C(C)CCCC3(C#N)C(=O)O)cc2)cc1.CCOc1ccc(-c2ccc(C3C(C)CCCC3(C#N)C(=O)O)cc2)cc1. The van der Waals surface area contributed by atoms with Crippen LogP contribution in [0.4, 0.5) is 0 Å². The zero-order valence-corrected chi connectivity index (χ0v) is 32.3. The van der Waals surface area contributed by atoms with Crippen LogP contribution < -0.4 is 9.47 Å². The second-order valence-electron chi connectivity index (χ2n) is 15.0. The maximum atomic E-state index is 12.0. The largest absolute Gasteiger partial charge is 0.494 e. The number of carboxylic acids is 2. The summed E-state index contributed by atoms with van der Waals surface area (Å²) in [6, 6.07) is 36.2. The number of rotatable bonds is 11. The first-order valence-electron chi connectivity index (χ1n) is 19.5. The molecule has 2 saturated carbocycles. The molecule has 6 unspecified atom stereocenters. The maximum absolute atomic E-state index is 12.0. The fourth-order valence-electron chi connectivity index (χ4n) is 8.71. The predicted octanol–water partition coefficient (Wildman–Crippen LogP) is 10.9. The zero-order valence-electron chi connectivity index (χ0n) is 32.3. The van der Waals surface area contributed by atoms with Gasteiger partial charge < -0.3 is 19.7 Å². The molecule has 8 nitrogen and oxygen atoms in total. The Balaban J connectivity index is 0.000000211. The van der Waals surface area contributed by atoms with Gasteiger partial charge in [-0.25, -0.2) is 0 Å². The predicted molar refractivity (Wildman–Crippen MR) is 214 cm³/mol. The van der Waals surface area contributed by atoms with Gasteiger partial charge in [0.25, 0.3) is 0 Å². The van der Waals surface area contributed by atoms with Gasteiger partial charge in [-0.3, -0.25) is 9.59 Å². The molecule has 0 heterocycles. The maximum Gasteiger partial charge on any atom is 0.324 e. The van der Waals surface area contributed by atoms with Crippen LogP contribution in [0.15, 0.2) is 97.1 Å². The number of benzene rings is 4. The van der Waals surface area contributed by atoms with E-state index in [2.05, 4.69) is 32.9 Å². The molecule has 0 saturated heterocycles. The van der Waals surface area contributed by atoms with E-state index < -0.39 is 22.8 Å². The van der Waals surface area contributed by atoms with E-state index in [1.165, 1.54) is 0 Å². The molecule has 2 N–H and O–H groups in total. The molecule has 0 bridgehead atoms. The van der Waals surface area contributed by atoms with Gasteiger partial charge in [0.1, 0.15) is 11.5 Å². The van der Waals surface area contributed by atoms with Gasteiger partial charge in [0, 0.05) is 11.8 Å². The Morgan fingerprint density at radius 3 is 1.27 bits per heavy atom. The Morgan fingerprint density at radius 1 is 0.618 bits per heavy atom. The Bertz CT molecular complexity index is 1980. The molecule has 2 aliphatic carbocycles. The quantitative estimate of drug-likeness (QED) is 0.155. The highest BCUT2D eigenvalue weighted by Crippen LogP contribution is 2.52. The van der Waals surface area contributed by atoms with Crippen molar-refractivity contribution >= 4 is 11.9 Å². The Labute approximate surface area is 325 Å². The highest BCUT2D eigenvalue weighted by Gasteiger charge is 2.52. The van der Waals surface area contributed by atoms with Crippen molar-refractivity contribution in [2.45, 2.75) is 84.5 Å². The lowest BCUT2D eigenvalue weighted by molar-refractivity contribution is -0.150. The third kappa shape index (κ3) is 8.71. The van der Waals surface area contributed by atoms with Crippen LogP contribution in [0.5, 0.6) is 11.5 Å². The fourth-order valence-corrected chi connectivity index (χ4v) is 8.71. The van der Waals surface area contributed by atoms with E-state index in [4.69, 9.17) is 9.47 Å². The summed E-state index contributed by atoms with van der Waals surface area (Å²) in [5, 5.41) is 39.1. The van der Waals surface area contributed by atoms with Crippen LogP contribution in [0.25, 0.3) is 22.3 Å². The van der Waals surface area contributed by atoms with Crippen molar-refractivity contribution in [3.8, 4) is 45.9 Å². The Morgan fingerprint density at radius 2 is 0.964 bits per heavy atom. The van der Waals surface area contributed by atoms with Crippen molar-refractivity contribution in [3.05, 3.63) is 108 Å². The van der Waals surface area contributed by atoms with Gasteiger partial charge in [0.05, 0.1) is 25.4 Å². The van der Waals surface area contributed by atoms with E-state index in [9.17, 15) is 30.3 Å². The molecule has 0 amide bonds. The third-order valence-corrected chi connectivity index (χ3v) is 11.5. The average molecular weight is 741 g/mol. The summed E-state index contributed by atoms with van der Waals surface area (Å²) in [7, 11) is 0. The molecule has 4 aromatic carbocycles. The first-order chi connectivity index (χ1) is 26.5. The minimum atomic E-state index is -1.34. The Hall–Kier alpha value is -5.60. The third-order valence-electron chi connectivity index (χ3n) is 11.5. The molecule has 6 atom stereocenters. The normalized spacial score (nSPS) is 24.5. The second-order valence-corrected chi connectivity index (χ2v) is 15.0. The number of nitrogens with zero attached hydrogens (tertiary/aromatic N) is 2. The highest BCUT2D eigenvalue weighted by molar-refractivity contribution is 5.81. The van der Waals surface area contributed by atoms with Crippen LogP contribution in [0.3, 0.4) is 0 Å². The van der Waals surface area contributed by atoms with Gasteiger partial charge in [-0.1, -0.05) is 106 Å². The molecule has 0 aliphatic heterocycles. The number of hydrogen-bond acceptors (Lipinski definition) is 6. The molecule has 286 valence electrons. The lowest BCUT2D eigenvalue weighted by Gasteiger charge is -2.40. The summed E-state index contributed by atoms with van der Waals surface area (Å²) in [6.45, 7) is 9.49. The van der Waals surface area contributed by atoms with E-state index in [0.29, 0.717) is 26.1 Å². The molecule has 0 radical (unpaired) electrons. The van der Waals surface area contributed by atoms with Crippen LogP contribution in [0, 0.1) is 45.3 Å². The topological polar surface area (TPSA) is 141 Å². The summed E-state index contributed by atoms with van der Waals surface area (Å²) in [4.78, 5) is 24.0. The lowest BCUT2D eigenvalue weighted by atomic mass is 9.60. The van der Waals surface area contributed by atoms with Crippen LogP contribution >= 0.6 is 0 Å². The van der Waals surface area contributed by atoms with Crippen LogP contribution in [0.1, 0.15) is 95.6 Å². The summed E-state index contributed by atoms with van der Waals surface area (Å²) < 4.78 is 11.1. The van der Waals surface area contributed by atoms with Crippen molar-refractivity contribution < 1.29 is 29.3 Å². The van der Waals surface area contributed by atoms with Crippen molar-refractivity contribution in [1.82, 2.24) is 0 Å². The van der Waals surface area contributed by atoms with E-state index in [0.717, 1.165) is 77.0 Å². The van der Waals surface area contributed by atoms with E-state index >= 15 is 0 Å². The molecule has 55 heavy (non-hydrogen) atoms. The molecule has 8 heteroatoms. The monoisotopic (exact) mass is 740 g/mol. The first kappa shape index (κ1) is 40.6. The lowest BCUT2D eigenvalue weighted by Crippen LogP contribution is -2.42. The summed E-state index contributed by atoms with van der Waals surface area (Å²) >= 11 is 0. The number of nitriles is 2. The van der Waals surface area contributed by atoms with Crippen molar-refractivity contribution in [1.29, 1.82) is 10.5 Å². The molecular formula is C47H52N2O6. The summed E-state index contributed by atoms with van der Waals surface area (Å²) in [6.07, 6.45) is 5.25. The number of carbonyl (C=O) groups is 2. The van der Waals surface area contributed by atoms with E-state index in [1.807, 2.05) is 104 Å². The average Bonchev–Trinajstić information content (AvgIpc) is 3.20. The number of aliphatic carboxylic acids is 2. The fraction of sp³-hybridized carbons (Fsp3) is 0.404. The zero-order chi connectivity index (χ0) is 39.6. The molecule has 6 rings (SSSR count). The number of carboxylic acid groups (broad SMARTS) is 2. The Kier molecular flexibility index (Phi) is 13.4. The van der Waals surface area contributed by atoms with Crippen LogP contribution in [0.2, 0.25) is 0 Å². The minimum absolute atomic E-state index is 0.158. The summed E-state index contributed by atoms with van der Waals surface area (Å²) in [5.74, 6) is -0.565. The number of hydrogen-bond donors (Lipinski definition) is 2. The van der Waals surface area contributed by atoms with Crippen LogP contribution in [-0.2, 0) is 9.59 Å². The van der Waals surface area contributed by atoms with Crippen molar-refractivity contribution in [2.75, 3.05) is 13.2 Å². The van der Waals surface area contributed by atoms with Crippen molar-refractivity contribution in [3.63, 3.8) is 0 Å². The van der Waals surface area contributed by atoms with Gasteiger partial charge >= 0.3 is 11.9 Å². The molecule has 0 spiro atoms. The van der Waals surface area contributed by atoms with Crippen molar-refractivity contribution in [2.24, 2.45) is 22.7 Å². The molecular weight excluding hydrogens is 689 g/mol. The molecule has 2 fully saturated rings. The second kappa shape index (κ2) is 18.2. The van der Waals surface area contributed by atoms with E-state index in [1.54, 1.807) is 0 Å². The van der Waals surface area contributed by atoms with Gasteiger partial charge in [0.2, 0.25) is 0 Å². The van der Waals surface area contributed by atoms with Gasteiger partial charge in [-0.15, -0.1) is 0 Å². The molecule has 2 aliphatic rings. The standard InChI is InChI=1S/C24H27NO3.C23H25NO3/c1-3-15-28-21-12-10-19(11-13-21)18-6-8-20(9-7-18)22-17(2)5-4-14-24(22,16-25)23(26)27;1-3-27-20-12-10-18(11-13-20)17-6-8-19(9-7-17)21-16(2)5-4-14-23(21,15-24)22(25)26/h6-13,17,22H,3-5,14-15H2,1-2H3,(H,26,27);6-13,16,21H,3-5,14H2,1-2H3,(H,25,26). The van der Waals surface area contributed by atoms with Crippen LogP contribution in [-0.4, -0.2) is 35.4 Å². The van der Waals surface area contributed by atoms with Gasteiger partial charge in [-0.2, -0.15) is 10.5 Å². The number of ether oxygens (including phenoxy) is 2. The summed E-state index contributed by atoms with van der Waals surface area (Å²) in [5.41, 5.74) is 3.47. The smallest absolute Gasteiger partial charge is 0.324 e. The van der Waals surface area contributed by atoms with Gasteiger partial charge in [-0.05, 0) is 109 Å². The minimum Gasteiger partial charge on any atom is -0.494 e. The first-order valence-corrected chi connectivity index (χ1v) is 19.5. The van der Waals surface area contributed by atoms with Gasteiger partial charge in [0.15, 0.2) is 10.8 Å². The highest BCUT2D eigenvalue weighted by atomic mass is 16.5.